The van der Waals surface area contributed by atoms with Crippen molar-refractivity contribution < 1.29 is 19.1 Å². The van der Waals surface area contributed by atoms with Gasteiger partial charge >= 0.3 is 5.97 Å². The molecule has 5 heteroatoms. The number of carbonyl (C=O) groups is 2. The quantitative estimate of drug-likeness (QED) is 0.559. The van der Waals surface area contributed by atoms with Gasteiger partial charge in [-0.05, 0) is 31.4 Å². The number of carbonyl (C=O) groups excluding carboxylic acids is 2. The van der Waals surface area contributed by atoms with Crippen molar-refractivity contribution in [3.05, 3.63) is 29.8 Å². The lowest BCUT2D eigenvalue weighted by Crippen LogP contribution is -2.30. The zero-order valence-electron chi connectivity index (χ0n) is 12.7. The van der Waals surface area contributed by atoms with Gasteiger partial charge in [-0.1, -0.05) is 25.1 Å². The maximum atomic E-state index is 11.6. The number of esters is 1. The summed E-state index contributed by atoms with van der Waals surface area (Å²) in [4.78, 5) is 22.7. The molecule has 0 aliphatic carbocycles. The van der Waals surface area contributed by atoms with Gasteiger partial charge in [0, 0.05) is 13.0 Å². The van der Waals surface area contributed by atoms with E-state index in [4.69, 9.17) is 9.47 Å². The topological polar surface area (TPSA) is 64.6 Å². The summed E-state index contributed by atoms with van der Waals surface area (Å²) in [5, 5.41) is 2.72. The van der Waals surface area contributed by atoms with Crippen LogP contribution in [-0.4, -0.2) is 31.6 Å². The van der Waals surface area contributed by atoms with Gasteiger partial charge in [-0.2, -0.15) is 0 Å². The van der Waals surface area contributed by atoms with E-state index in [0.29, 0.717) is 26.0 Å². The van der Waals surface area contributed by atoms with E-state index in [1.807, 2.05) is 31.2 Å². The van der Waals surface area contributed by atoms with Gasteiger partial charge in [0.2, 0.25) is 0 Å². The summed E-state index contributed by atoms with van der Waals surface area (Å²) in [5.41, 5.74) is 1.08. The highest BCUT2D eigenvalue weighted by atomic mass is 16.5. The molecule has 1 aromatic rings. The van der Waals surface area contributed by atoms with E-state index in [2.05, 4.69) is 5.32 Å². The normalized spacial score (nSPS) is 10.0. The van der Waals surface area contributed by atoms with E-state index < -0.39 is 0 Å². The fourth-order valence-corrected chi connectivity index (χ4v) is 1.82. The Morgan fingerprint density at radius 2 is 1.95 bits per heavy atom. The van der Waals surface area contributed by atoms with Crippen LogP contribution in [0, 0.1) is 0 Å². The number of hydrogen-bond acceptors (Lipinski definition) is 4. The second-order valence-electron chi connectivity index (χ2n) is 4.51. The summed E-state index contributed by atoms with van der Waals surface area (Å²) in [6.45, 7) is 4.62. The number of amides is 1. The first-order valence-corrected chi connectivity index (χ1v) is 7.30. The molecular weight excluding hydrogens is 270 g/mol. The molecule has 0 atom stereocenters. The van der Waals surface area contributed by atoms with Crippen LogP contribution in [0.3, 0.4) is 0 Å². The number of hydrogen-bond donors (Lipinski definition) is 1. The molecule has 0 radical (unpaired) electrons. The molecule has 0 aliphatic heterocycles. The molecule has 1 aromatic carbocycles. The SMILES string of the molecule is CCOC(=O)CCCNC(=O)COc1ccccc1CC. The fraction of sp³-hybridized carbons (Fsp3) is 0.500. The predicted molar refractivity (Wildman–Crippen MR) is 80.2 cm³/mol. The molecule has 0 saturated carbocycles. The lowest BCUT2D eigenvalue weighted by atomic mass is 10.1. The minimum Gasteiger partial charge on any atom is -0.483 e. The van der Waals surface area contributed by atoms with Gasteiger partial charge in [-0.3, -0.25) is 9.59 Å². The largest absolute Gasteiger partial charge is 0.483 e. The van der Waals surface area contributed by atoms with E-state index in [9.17, 15) is 9.59 Å². The summed E-state index contributed by atoms with van der Waals surface area (Å²) >= 11 is 0. The van der Waals surface area contributed by atoms with Crippen LogP contribution in [0.15, 0.2) is 24.3 Å². The molecule has 5 nitrogen and oxygen atoms in total. The molecule has 116 valence electrons. The first kappa shape index (κ1) is 17.0. The highest BCUT2D eigenvalue weighted by Crippen LogP contribution is 2.17. The molecule has 0 unspecified atom stereocenters. The van der Waals surface area contributed by atoms with E-state index in [-0.39, 0.29) is 18.5 Å². The summed E-state index contributed by atoms with van der Waals surface area (Å²) in [6.07, 6.45) is 1.74. The summed E-state index contributed by atoms with van der Waals surface area (Å²) in [5.74, 6) is 0.311. The Bertz CT molecular complexity index is 459. The maximum absolute atomic E-state index is 11.6. The second-order valence-corrected chi connectivity index (χ2v) is 4.51. The molecule has 0 aliphatic rings. The standard InChI is InChI=1S/C16H23NO4/c1-3-13-8-5-6-9-14(13)21-12-15(18)17-11-7-10-16(19)20-4-2/h5-6,8-9H,3-4,7,10-12H2,1-2H3,(H,17,18). The van der Waals surface area contributed by atoms with Crippen LogP contribution in [0.5, 0.6) is 5.75 Å². The number of ether oxygens (including phenoxy) is 2. The zero-order valence-corrected chi connectivity index (χ0v) is 12.7. The molecule has 0 heterocycles. The Morgan fingerprint density at radius 3 is 2.67 bits per heavy atom. The van der Waals surface area contributed by atoms with Crippen molar-refractivity contribution in [3.63, 3.8) is 0 Å². The average Bonchev–Trinajstić information content (AvgIpc) is 2.50. The molecule has 1 rings (SSSR count). The molecule has 0 fully saturated rings. The lowest BCUT2D eigenvalue weighted by Gasteiger charge is -2.10. The Labute approximate surface area is 125 Å². The molecule has 0 spiro atoms. The van der Waals surface area contributed by atoms with Gasteiger partial charge in [0.05, 0.1) is 6.61 Å². The van der Waals surface area contributed by atoms with Crippen molar-refractivity contribution in [2.45, 2.75) is 33.1 Å². The Hall–Kier alpha value is -2.04. The third kappa shape index (κ3) is 6.79. The van der Waals surface area contributed by atoms with Crippen molar-refractivity contribution in [1.29, 1.82) is 0 Å². The number of benzene rings is 1. The van der Waals surface area contributed by atoms with Crippen LogP contribution < -0.4 is 10.1 Å². The molecular formula is C16H23NO4. The Kier molecular flexibility index (Phi) is 7.94. The van der Waals surface area contributed by atoms with Crippen molar-refractivity contribution in [3.8, 4) is 5.75 Å². The van der Waals surface area contributed by atoms with Crippen LogP contribution in [-0.2, 0) is 20.7 Å². The van der Waals surface area contributed by atoms with E-state index in [0.717, 1.165) is 17.7 Å². The Morgan fingerprint density at radius 1 is 1.19 bits per heavy atom. The van der Waals surface area contributed by atoms with Crippen molar-refractivity contribution in [1.82, 2.24) is 5.32 Å². The first-order chi connectivity index (χ1) is 10.2. The maximum Gasteiger partial charge on any atom is 0.305 e. The summed E-state index contributed by atoms with van der Waals surface area (Å²) in [6, 6.07) is 7.66. The van der Waals surface area contributed by atoms with E-state index in [1.54, 1.807) is 6.92 Å². The highest BCUT2D eigenvalue weighted by Gasteiger charge is 2.06. The van der Waals surface area contributed by atoms with Crippen LogP contribution in [0.2, 0.25) is 0 Å². The van der Waals surface area contributed by atoms with Gasteiger partial charge < -0.3 is 14.8 Å². The van der Waals surface area contributed by atoms with Crippen molar-refractivity contribution in [2.24, 2.45) is 0 Å². The first-order valence-electron chi connectivity index (χ1n) is 7.30. The average molecular weight is 293 g/mol. The molecule has 1 amide bonds. The van der Waals surface area contributed by atoms with Gasteiger partial charge in [0.25, 0.3) is 5.91 Å². The number of aryl methyl sites for hydroxylation is 1. The Balaban J connectivity index is 2.21. The number of rotatable bonds is 9. The third-order valence-electron chi connectivity index (χ3n) is 2.90. The third-order valence-corrected chi connectivity index (χ3v) is 2.90. The van der Waals surface area contributed by atoms with E-state index >= 15 is 0 Å². The molecule has 0 aromatic heterocycles. The van der Waals surface area contributed by atoms with Crippen LogP contribution in [0.4, 0.5) is 0 Å². The smallest absolute Gasteiger partial charge is 0.305 e. The van der Waals surface area contributed by atoms with Gasteiger partial charge in [0.15, 0.2) is 6.61 Å². The van der Waals surface area contributed by atoms with Gasteiger partial charge in [-0.15, -0.1) is 0 Å². The number of para-hydroxylation sites is 1. The molecule has 0 bridgehead atoms. The molecule has 0 saturated heterocycles. The second kappa shape index (κ2) is 9.80. The van der Waals surface area contributed by atoms with Crippen molar-refractivity contribution >= 4 is 11.9 Å². The molecule has 1 N–H and O–H groups in total. The minimum atomic E-state index is -0.236. The van der Waals surface area contributed by atoms with Crippen molar-refractivity contribution in [2.75, 3.05) is 19.8 Å². The van der Waals surface area contributed by atoms with Gasteiger partial charge in [0.1, 0.15) is 5.75 Å². The monoisotopic (exact) mass is 293 g/mol. The van der Waals surface area contributed by atoms with Crippen LogP contribution in [0.1, 0.15) is 32.3 Å². The minimum absolute atomic E-state index is 0.0174. The van der Waals surface area contributed by atoms with Gasteiger partial charge in [-0.25, -0.2) is 0 Å². The zero-order chi connectivity index (χ0) is 15.5. The predicted octanol–water partition coefficient (Wildman–Crippen LogP) is 2.09. The van der Waals surface area contributed by atoms with Crippen LogP contribution in [0.25, 0.3) is 0 Å². The fourth-order valence-electron chi connectivity index (χ4n) is 1.82. The number of nitrogens with one attached hydrogen (secondary N) is 1. The molecule has 21 heavy (non-hydrogen) atoms. The summed E-state index contributed by atoms with van der Waals surface area (Å²) < 4.78 is 10.3. The highest BCUT2D eigenvalue weighted by molar-refractivity contribution is 5.77. The van der Waals surface area contributed by atoms with Crippen LogP contribution >= 0.6 is 0 Å². The van der Waals surface area contributed by atoms with E-state index in [1.165, 1.54) is 0 Å². The lowest BCUT2D eigenvalue weighted by molar-refractivity contribution is -0.143. The summed E-state index contributed by atoms with van der Waals surface area (Å²) in [7, 11) is 0.